The molecular weight excluding hydrogens is 476 g/mol. The van der Waals surface area contributed by atoms with E-state index in [0.29, 0.717) is 22.7 Å². The summed E-state index contributed by atoms with van der Waals surface area (Å²) < 4.78 is 5.48. The zero-order valence-corrected chi connectivity index (χ0v) is 21.6. The van der Waals surface area contributed by atoms with Gasteiger partial charge in [0, 0.05) is 5.69 Å². The van der Waals surface area contributed by atoms with Crippen molar-refractivity contribution in [2.45, 2.75) is 40.0 Å². The van der Waals surface area contributed by atoms with Crippen molar-refractivity contribution in [3.05, 3.63) is 99.7 Å². The molecular formula is C29H27ClN2O4. The number of ether oxygens (including phenoxy) is 1. The molecule has 184 valence electrons. The van der Waals surface area contributed by atoms with Crippen LogP contribution < -0.4 is 15.0 Å². The largest absolute Gasteiger partial charge is 0.423 e. The number of nitrogens with one attached hydrogen (secondary N) is 1. The SMILES string of the molecule is Cc1cccc(N2C(=O)C(Cl)=C(Nc3ccc(C(=O)Oc4ccc(C(C)(C)C)cc4)cc3)C2=O)c1C. The Morgan fingerprint density at radius 3 is 2.14 bits per heavy atom. The molecule has 1 aliphatic heterocycles. The Bertz CT molecular complexity index is 1380. The van der Waals surface area contributed by atoms with Crippen LogP contribution in [0.25, 0.3) is 0 Å². The summed E-state index contributed by atoms with van der Waals surface area (Å²) in [5, 5.41) is 2.73. The van der Waals surface area contributed by atoms with Gasteiger partial charge in [0.15, 0.2) is 0 Å². The fourth-order valence-electron chi connectivity index (χ4n) is 3.83. The molecule has 1 N–H and O–H groups in total. The number of nitrogens with zero attached hydrogens (tertiary/aromatic N) is 1. The van der Waals surface area contributed by atoms with Crippen molar-refractivity contribution in [3.8, 4) is 5.75 Å². The van der Waals surface area contributed by atoms with Gasteiger partial charge in [0.25, 0.3) is 11.8 Å². The topological polar surface area (TPSA) is 75.7 Å². The number of rotatable bonds is 5. The van der Waals surface area contributed by atoms with Crippen molar-refractivity contribution in [3.63, 3.8) is 0 Å². The van der Waals surface area contributed by atoms with Crippen LogP contribution in [0.5, 0.6) is 5.75 Å². The summed E-state index contributed by atoms with van der Waals surface area (Å²) in [6.45, 7) is 10.1. The van der Waals surface area contributed by atoms with Gasteiger partial charge in [0.2, 0.25) is 0 Å². The highest BCUT2D eigenvalue weighted by atomic mass is 35.5. The Morgan fingerprint density at radius 2 is 1.53 bits per heavy atom. The molecule has 4 rings (SSSR count). The molecule has 0 fully saturated rings. The number of halogens is 1. The second kappa shape index (κ2) is 9.63. The first-order chi connectivity index (χ1) is 17.0. The van der Waals surface area contributed by atoms with E-state index < -0.39 is 17.8 Å². The number of carbonyl (C=O) groups is 3. The highest BCUT2D eigenvalue weighted by molar-refractivity contribution is 6.53. The van der Waals surface area contributed by atoms with Gasteiger partial charge >= 0.3 is 5.97 Å². The maximum absolute atomic E-state index is 13.1. The fourth-order valence-corrected chi connectivity index (χ4v) is 4.04. The highest BCUT2D eigenvalue weighted by Gasteiger charge is 2.39. The summed E-state index contributed by atoms with van der Waals surface area (Å²) in [7, 11) is 0. The van der Waals surface area contributed by atoms with Gasteiger partial charge < -0.3 is 10.1 Å². The molecule has 36 heavy (non-hydrogen) atoms. The maximum atomic E-state index is 13.1. The second-order valence-electron chi connectivity index (χ2n) is 9.72. The minimum absolute atomic E-state index is 0.00488. The van der Waals surface area contributed by atoms with Crippen LogP contribution in [-0.2, 0) is 15.0 Å². The number of benzene rings is 3. The minimum atomic E-state index is -0.587. The summed E-state index contributed by atoms with van der Waals surface area (Å²) >= 11 is 6.25. The van der Waals surface area contributed by atoms with Crippen LogP contribution in [0.4, 0.5) is 11.4 Å². The van der Waals surface area contributed by atoms with Crippen molar-refractivity contribution in [2.24, 2.45) is 0 Å². The first kappa shape index (κ1) is 25.2. The normalized spacial score (nSPS) is 13.9. The van der Waals surface area contributed by atoms with Gasteiger partial charge in [0.1, 0.15) is 16.5 Å². The van der Waals surface area contributed by atoms with Crippen LogP contribution in [0.3, 0.4) is 0 Å². The van der Waals surface area contributed by atoms with Gasteiger partial charge in [-0.25, -0.2) is 9.69 Å². The molecule has 3 aromatic carbocycles. The van der Waals surface area contributed by atoms with Crippen LogP contribution in [-0.4, -0.2) is 17.8 Å². The number of amides is 2. The average Bonchev–Trinajstić information content (AvgIpc) is 3.04. The number of hydrogen-bond donors (Lipinski definition) is 1. The van der Waals surface area contributed by atoms with Gasteiger partial charge in [-0.2, -0.15) is 0 Å². The number of anilines is 2. The van der Waals surface area contributed by atoms with Gasteiger partial charge in [-0.3, -0.25) is 9.59 Å². The first-order valence-corrected chi connectivity index (χ1v) is 11.9. The van der Waals surface area contributed by atoms with Crippen molar-refractivity contribution < 1.29 is 19.1 Å². The summed E-state index contributed by atoms with van der Waals surface area (Å²) in [5.74, 6) is -1.18. The van der Waals surface area contributed by atoms with E-state index in [2.05, 4.69) is 26.1 Å². The van der Waals surface area contributed by atoms with Crippen molar-refractivity contribution >= 4 is 40.8 Å². The lowest BCUT2D eigenvalue weighted by atomic mass is 9.87. The molecule has 3 aromatic rings. The lowest BCUT2D eigenvalue weighted by Crippen LogP contribution is -2.33. The predicted octanol–water partition coefficient (Wildman–Crippen LogP) is 6.26. The zero-order chi connectivity index (χ0) is 26.2. The number of hydrogen-bond acceptors (Lipinski definition) is 5. The number of imide groups is 1. The summed E-state index contributed by atoms with van der Waals surface area (Å²) in [6.07, 6.45) is 0. The first-order valence-electron chi connectivity index (χ1n) is 11.5. The number of aryl methyl sites for hydroxylation is 1. The van der Waals surface area contributed by atoms with Crippen molar-refractivity contribution in [2.75, 3.05) is 10.2 Å². The quantitative estimate of drug-likeness (QED) is 0.253. The molecule has 0 bridgehead atoms. The van der Waals surface area contributed by atoms with Crippen molar-refractivity contribution in [1.82, 2.24) is 0 Å². The molecule has 0 radical (unpaired) electrons. The Balaban J connectivity index is 1.46. The molecule has 7 heteroatoms. The van der Waals surface area contributed by atoms with Crippen LogP contribution >= 0.6 is 11.6 Å². The van der Waals surface area contributed by atoms with Gasteiger partial charge in [-0.1, -0.05) is 56.6 Å². The third kappa shape index (κ3) is 4.90. The van der Waals surface area contributed by atoms with Crippen LogP contribution in [0.2, 0.25) is 0 Å². The fraction of sp³-hybridized carbons (Fsp3) is 0.207. The molecule has 1 heterocycles. The smallest absolute Gasteiger partial charge is 0.343 e. The van der Waals surface area contributed by atoms with E-state index in [-0.39, 0.29) is 16.1 Å². The maximum Gasteiger partial charge on any atom is 0.343 e. The van der Waals surface area contributed by atoms with Gasteiger partial charge in [-0.05, 0) is 78.4 Å². The molecule has 0 atom stereocenters. The Kier molecular flexibility index (Phi) is 6.74. The van der Waals surface area contributed by atoms with E-state index >= 15 is 0 Å². The third-order valence-corrected chi connectivity index (χ3v) is 6.52. The summed E-state index contributed by atoms with van der Waals surface area (Å²) in [4.78, 5) is 39.5. The second-order valence-corrected chi connectivity index (χ2v) is 10.1. The van der Waals surface area contributed by atoms with E-state index in [1.165, 1.54) is 0 Å². The van der Waals surface area contributed by atoms with Gasteiger partial charge in [0.05, 0.1) is 11.3 Å². The molecule has 0 saturated carbocycles. The van der Waals surface area contributed by atoms with E-state index in [1.807, 2.05) is 32.0 Å². The predicted molar refractivity (Wildman–Crippen MR) is 141 cm³/mol. The third-order valence-electron chi connectivity index (χ3n) is 6.17. The zero-order valence-electron chi connectivity index (χ0n) is 20.8. The van der Waals surface area contributed by atoms with Gasteiger partial charge in [-0.15, -0.1) is 0 Å². The van der Waals surface area contributed by atoms with Crippen LogP contribution in [0.15, 0.2) is 77.5 Å². The number of esters is 1. The molecule has 2 amide bonds. The number of carbonyl (C=O) groups excluding carboxylic acids is 3. The molecule has 1 aliphatic rings. The molecule has 0 unspecified atom stereocenters. The molecule has 0 spiro atoms. The van der Waals surface area contributed by atoms with E-state index in [4.69, 9.17) is 16.3 Å². The summed E-state index contributed by atoms with van der Waals surface area (Å²) in [5.41, 5.74) is 4.24. The highest BCUT2D eigenvalue weighted by Crippen LogP contribution is 2.33. The molecule has 0 saturated heterocycles. The van der Waals surface area contributed by atoms with E-state index in [0.717, 1.165) is 21.6 Å². The lowest BCUT2D eigenvalue weighted by molar-refractivity contribution is -0.120. The molecule has 6 nitrogen and oxygen atoms in total. The Morgan fingerprint density at radius 1 is 0.889 bits per heavy atom. The summed E-state index contributed by atoms with van der Waals surface area (Å²) in [6, 6.07) is 19.2. The van der Waals surface area contributed by atoms with Crippen molar-refractivity contribution in [1.29, 1.82) is 0 Å². The van der Waals surface area contributed by atoms with Crippen LogP contribution in [0, 0.1) is 13.8 Å². The average molecular weight is 503 g/mol. The van der Waals surface area contributed by atoms with Crippen LogP contribution in [0.1, 0.15) is 47.8 Å². The minimum Gasteiger partial charge on any atom is -0.423 e. The standard InChI is InChI=1S/C29H27ClN2O4/c1-17-7-6-8-23(18(17)2)32-26(33)24(30)25(27(32)34)31-21-13-9-19(10-14-21)28(35)36-22-15-11-20(12-16-22)29(3,4)5/h6-16,31H,1-5H3. The lowest BCUT2D eigenvalue weighted by Gasteiger charge is -2.19. The Labute approximate surface area is 215 Å². The molecule has 0 aromatic heterocycles. The molecule has 0 aliphatic carbocycles. The Hall–Kier alpha value is -3.90. The van der Waals surface area contributed by atoms with E-state index in [9.17, 15) is 14.4 Å². The monoisotopic (exact) mass is 502 g/mol. The van der Waals surface area contributed by atoms with E-state index in [1.54, 1.807) is 48.5 Å².